The number of carbonyl (C=O) groups excluding carboxylic acids is 1. The average Bonchev–Trinajstić information content (AvgIpc) is 2.54. The summed E-state index contributed by atoms with van der Waals surface area (Å²) in [5.74, 6) is -1.59. The van der Waals surface area contributed by atoms with Gasteiger partial charge in [-0.15, -0.1) is 0 Å². The molecule has 0 aliphatic heterocycles. The monoisotopic (exact) mass is 362 g/mol. The highest BCUT2D eigenvalue weighted by Crippen LogP contribution is 2.29. The van der Waals surface area contributed by atoms with Gasteiger partial charge in [0.2, 0.25) is 0 Å². The third kappa shape index (κ3) is 4.88. The first kappa shape index (κ1) is 20.0. The van der Waals surface area contributed by atoms with Crippen molar-refractivity contribution in [3.63, 3.8) is 0 Å². The largest absolute Gasteiger partial charge is 0.465 e. The Kier molecular flexibility index (Phi) is 5.81. The van der Waals surface area contributed by atoms with E-state index in [4.69, 9.17) is 4.74 Å². The van der Waals surface area contributed by atoms with Crippen LogP contribution in [0.4, 0.5) is 8.78 Å². The summed E-state index contributed by atoms with van der Waals surface area (Å²) < 4.78 is 32.1. The smallest absolute Gasteiger partial charge is 0.311 e. The van der Waals surface area contributed by atoms with Gasteiger partial charge in [-0.25, -0.2) is 8.78 Å². The Balaban J connectivity index is 2.07. The predicted octanol–water partition coefficient (Wildman–Crippen LogP) is 4.82. The fourth-order valence-electron chi connectivity index (χ4n) is 2.44. The van der Waals surface area contributed by atoms with E-state index in [9.17, 15) is 18.7 Å². The lowest BCUT2D eigenvalue weighted by Gasteiger charge is -2.25. The van der Waals surface area contributed by atoms with Crippen molar-refractivity contribution < 1.29 is 23.4 Å². The Morgan fingerprint density at radius 2 is 1.65 bits per heavy atom. The van der Waals surface area contributed by atoms with Crippen LogP contribution in [-0.4, -0.2) is 17.7 Å². The molecule has 0 spiro atoms. The van der Waals surface area contributed by atoms with Gasteiger partial charge in [0.25, 0.3) is 0 Å². The molecule has 0 fully saturated rings. The van der Waals surface area contributed by atoms with Gasteiger partial charge in [0.05, 0.1) is 17.6 Å². The van der Waals surface area contributed by atoms with Crippen LogP contribution < -0.4 is 0 Å². The van der Waals surface area contributed by atoms with Crippen molar-refractivity contribution in [2.24, 2.45) is 5.41 Å². The minimum absolute atomic E-state index is 0.0947. The molecule has 1 N–H and O–H groups in total. The van der Waals surface area contributed by atoms with Crippen LogP contribution >= 0.6 is 0 Å². The molecular formula is C21H24F2O3. The van der Waals surface area contributed by atoms with Crippen molar-refractivity contribution >= 4 is 5.97 Å². The summed E-state index contributed by atoms with van der Waals surface area (Å²) >= 11 is 0. The molecule has 140 valence electrons. The van der Waals surface area contributed by atoms with Gasteiger partial charge >= 0.3 is 5.97 Å². The van der Waals surface area contributed by atoms with Crippen LogP contribution in [0.1, 0.15) is 39.7 Å². The highest BCUT2D eigenvalue weighted by molar-refractivity contribution is 5.75. The van der Waals surface area contributed by atoms with E-state index in [-0.39, 0.29) is 24.6 Å². The van der Waals surface area contributed by atoms with Gasteiger partial charge in [-0.2, -0.15) is 0 Å². The van der Waals surface area contributed by atoms with Gasteiger partial charge in [-0.05, 0) is 51.0 Å². The van der Waals surface area contributed by atoms with E-state index >= 15 is 0 Å². The second-order valence-corrected chi connectivity index (χ2v) is 7.61. The van der Waals surface area contributed by atoms with Gasteiger partial charge in [-0.3, -0.25) is 4.79 Å². The summed E-state index contributed by atoms with van der Waals surface area (Å²) in [5, 5.41) is 10.6. The number of hydrogen-bond acceptors (Lipinski definition) is 3. The van der Waals surface area contributed by atoms with E-state index in [0.29, 0.717) is 11.1 Å². The quantitative estimate of drug-likeness (QED) is 0.776. The molecule has 0 aromatic heterocycles. The van der Waals surface area contributed by atoms with Crippen LogP contribution in [0, 0.1) is 17.0 Å². The van der Waals surface area contributed by atoms with Crippen LogP contribution in [0.2, 0.25) is 0 Å². The highest BCUT2D eigenvalue weighted by Gasteiger charge is 2.26. The molecule has 0 heterocycles. The number of rotatable bonds is 5. The van der Waals surface area contributed by atoms with Crippen molar-refractivity contribution in [3.05, 3.63) is 59.7 Å². The molecule has 2 rings (SSSR count). The van der Waals surface area contributed by atoms with E-state index in [1.807, 2.05) is 0 Å². The molecule has 1 atom stereocenters. The SMILES string of the molecule is CC(C)(C)C(=O)OCCC(C)(O)c1ccc(-c2ccc(F)cc2F)cc1. The van der Waals surface area contributed by atoms with Crippen molar-refractivity contribution in [3.8, 4) is 11.1 Å². The molecule has 2 aromatic carbocycles. The fraction of sp³-hybridized carbons (Fsp3) is 0.381. The van der Waals surface area contributed by atoms with E-state index in [1.165, 1.54) is 12.1 Å². The van der Waals surface area contributed by atoms with Crippen LogP contribution in [-0.2, 0) is 15.1 Å². The Morgan fingerprint density at radius 1 is 1.04 bits per heavy atom. The van der Waals surface area contributed by atoms with Crippen LogP contribution in [0.15, 0.2) is 42.5 Å². The summed E-state index contributed by atoms with van der Waals surface area (Å²) in [6.45, 7) is 7.02. The first-order valence-corrected chi connectivity index (χ1v) is 8.46. The third-order valence-corrected chi connectivity index (χ3v) is 4.18. The number of benzene rings is 2. The summed E-state index contributed by atoms with van der Waals surface area (Å²) in [6, 6.07) is 10.1. The number of halogens is 2. The second-order valence-electron chi connectivity index (χ2n) is 7.61. The third-order valence-electron chi connectivity index (χ3n) is 4.18. The molecule has 1 unspecified atom stereocenters. The Morgan fingerprint density at radius 3 is 2.19 bits per heavy atom. The van der Waals surface area contributed by atoms with Gasteiger partial charge in [0, 0.05) is 18.1 Å². The van der Waals surface area contributed by atoms with E-state index in [1.54, 1.807) is 52.0 Å². The van der Waals surface area contributed by atoms with E-state index < -0.39 is 22.7 Å². The number of hydrogen-bond donors (Lipinski definition) is 1. The molecule has 0 aliphatic carbocycles. The average molecular weight is 362 g/mol. The van der Waals surface area contributed by atoms with Gasteiger partial charge in [0.15, 0.2) is 0 Å². The van der Waals surface area contributed by atoms with Gasteiger partial charge in [0.1, 0.15) is 11.6 Å². The summed E-state index contributed by atoms with van der Waals surface area (Å²) in [7, 11) is 0. The normalized spacial score (nSPS) is 14.0. The van der Waals surface area contributed by atoms with Gasteiger partial charge < -0.3 is 9.84 Å². The van der Waals surface area contributed by atoms with Crippen molar-refractivity contribution in [1.82, 2.24) is 0 Å². The molecule has 0 amide bonds. The molecule has 0 saturated heterocycles. The molecule has 0 saturated carbocycles. The van der Waals surface area contributed by atoms with Crippen molar-refractivity contribution in [2.45, 2.75) is 39.7 Å². The molecule has 0 bridgehead atoms. The minimum atomic E-state index is -1.20. The minimum Gasteiger partial charge on any atom is -0.465 e. The maximum absolute atomic E-state index is 13.9. The standard InChI is InChI=1S/C21H24F2O3/c1-20(2,3)19(24)26-12-11-21(4,25)15-7-5-14(6-8-15)17-10-9-16(22)13-18(17)23/h5-10,13,25H,11-12H2,1-4H3. The molecule has 26 heavy (non-hydrogen) atoms. The maximum atomic E-state index is 13.9. The predicted molar refractivity (Wildman–Crippen MR) is 96.4 cm³/mol. The Bertz CT molecular complexity index is 775. The molecule has 5 heteroatoms. The summed E-state index contributed by atoms with van der Waals surface area (Å²) in [4.78, 5) is 11.8. The fourth-order valence-corrected chi connectivity index (χ4v) is 2.44. The number of esters is 1. The molecule has 3 nitrogen and oxygen atoms in total. The number of ether oxygens (including phenoxy) is 1. The molecular weight excluding hydrogens is 338 g/mol. The van der Waals surface area contributed by atoms with Crippen LogP contribution in [0.3, 0.4) is 0 Å². The number of aliphatic hydroxyl groups is 1. The van der Waals surface area contributed by atoms with E-state index in [0.717, 1.165) is 6.07 Å². The van der Waals surface area contributed by atoms with Crippen molar-refractivity contribution in [2.75, 3.05) is 6.61 Å². The summed E-state index contributed by atoms with van der Waals surface area (Å²) in [6.07, 6.45) is 0.235. The van der Waals surface area contributed by atoms with Crippen LogP contribution in [0.25, 0.3) is 11.1 Å². The molecule has 0 radical (unpaired) electrons. The first-order chi connectivity index (χ1) is 12.0. The van der Waals surface area contributed by atoms with E-state index in [2.05, 4.69) is 0 Å². The van der Waals surface area contributed by atoms with Crippen LogP contribution in [0.5, 0.6) is 0 Å². The first-order valence-electron chi connectivity index (χ1n) is 8.46. The maximum Gasteiger partial charge on any atom is 0.311 e. The second kappa shape index (κ2) is 7.54. The zero-order valence-electron chi connectivity index (χ0n) is 15.5. The lowest BCUT2D eigenvalue weighted by molar-refractivity contribution is -0.154. The molecule has 2 aromatic rings. The Hall–Kier alpha value is -2.27. The zero-order chi connectivity index (χ0) is 19.5. The van der Waals surface area contributed by atoms with Gasteiger partial charge in [-0.1, -0.05) is 24.3 Å². The Labute approximate surface area is 152 Å². The highest BCUT2D eigenvalue weighted by atomic mass is 19.1. The summed E-state index contributed by atoms with van der Waals surface area (Å²) in [5.41, 5.74) is -0.293. The lowest BCUT2D eigenvalue weighted by Crippen LogP contribution is -2.27. The zero-order valence-corrected chi connectivity index (χ0v) is 15.5. The molecule has 0 aliphatic rings. The van der Waals surface area contributed by atoms with Crippen molar-refractivity contribution in [1.29, 1.82) is 0 Å². The number of carbonyl (C=O) groups is 1. The lowest BCUT2D eigenvalue weighted by atomic mass is 9.91. The topological polar surface area (TPSA) is 46.5 Å².